The molecule has 1 aromatic heterocycles. The van der Waals surface area contributed by atoms with Gasteiger partial charge in [0.1, 0.15) is 0 Å². The van der Waals surface area contributed by atoms with Crippen molar-refractivity contribution in [3.63, 3.8) is 0 Å². The molecule has 0 aliphatic rings. The molecule has 94 valence electrons. The molecule has 1 aromatic carbocycles. The number of hydrogen-bond donors (Lipinski definition) is 0. The van der Waals surface area contributed by atoms with Crippen molar-refractivity contribution in [2.24, 2.45) is 0 Å². The standard InChI is InChI=1S/C12H10BrCl2N3/c1-18(7-8-2-4-9(13)5-3-8)10-6-11(14)16-17-12(10)15/h2-6H,7H2,1H3. The minimum Gasteiger partial charge on any atom is -0.368 e. The van der Waals surface area contributed by atoms with E-state index in [4.69, 9.17) is 23.2 Å². The van der Waals surface area contributed by atoms with Crippen LogP contribution in [-0.2, 0) is 6.54 Å². The zero-order chi connectivity index (χ0) is 13.1. The van der Waals surface area contributed by atoms with Gasteiger partial charge in [0.05, 0.1) is 5.69 Å². The van der Waals surface area contributed by atoms with Crippen LogP contribution < -0.4 is 4.90 Å². The van der Waals surface area contributed by atoms with Crippen molar-refractivity contribution < 1.29 is 0 Å². The zero-order valence-electron chi connectivity index (χ0n) is 9.57. The lowest BCUT2D eigenvalue weighted by Crippen LogP contribution is -2.17. The molecule has 0 aliphatic carbocycles. The van der Waals surface area contributed by atoms with Crippen molar-refractivity contribution in [2.45, 2.75) is 6.54 Å². The molecule has 0 saturated heterocycles. The topological polar surface area (TPSA) is 29.0 Å². The van der Waals surface area contributed by atoms with Crippen LogP contribution >= 0.6 is 39.1 Å². The fourth-order valence-electron chi connectivity index (χ4n) is 1.56. The molecule has 0 N–H and O–H groups in total. The lowest BCUT2D eigenvalue weighted by Gasteiger charge is -2.19. The number of benzene rings is 1. The van der Waals surface area contributed by atoms with E-state index in [0.29, 0.717) is 10.3 Å². The molecule has 6 heteroatoms. The molecule has 0 spiro atoms. The van der Waals surface area contributed by atoms with E-state index >= 15 is 0 Å². The third kappa shape index (κ3) is 3.34. The predicted molar refractivity (Wildman–Crippen MR) is 78.3 cm³/mol. The summed E-state index contributed by atoms with van der Waals surface area (Å²) in [6, 6.07) is 9.80. The first kappa shape index (κ1) is 13.6. The molecule has 0 radical (unpaired) electrons. The van der Waals surface area contributed by atoms with E-state index < -0.39 is 0 Å². The number of halogens is 3. The normalized spacial score (nSPS) is 10.4. The average Bonchev–Trinajstić information content (AvgIpc) is 2.35. The molecule has 0 bridgehead atoms. The minimum atomic E-state index is 0.331. The molecule has 18 heavy (non-hydrogen) atoms. The van der Waals surface area contributed by atoms with E-state index in [0.717, 1.165) is 16.7 Å². The van der Waals surface area contributed by atoms with Gasteiger partial charge >= 0.3 is 0 Å². The zero-order valence-corrected chi connectivity index (χ0v) is 12.7. The van der Waals surface area contributed by atoms with Gasteiger partial charge in [-0.1, -0.05) is 51.3 Å². The summed E-state index contributed by atoms with van der Waals surface area (Å²) in [5, 5.41) is 8.16. The lowest BCUT2D eigenvalue weighted by atomic mass is 10.2. The first-order valence-electron chi connectivity index (χ1n) is 5.20. The van der Waals surface area contributed by atoms with E-state index in [1.807, 2.05) is 36.2 Å². The van der Waals surface area contributed by atoms with Crippen LogP contribution in [0.1, 0.15) is 5.56 Å². The molecule has 0 unspecified atom stereocenters. The Morgan fingerprint density at radius 1 is 1.17 bits per heavy atom. The molecular formula is C12H10BrCl2N3. The number of nitrogens with zero attached hydrogens (tertiary/aromatic N) is 3. The van der Waals surface area contributed by atoms with Gasteiger partial charge in [0.2, 0.25) is 0 Å². The van der Waals surface area contributed by atoms with Gasteiger partial charge in [-0.2, -0.15) is 0 Å². The van der Waals surface area contributed by atoms with Gasteiger partial charge in [-0.3, -0.25) is 0 Å². The van der Waals surface area contributed by atoms with Crippen molar-refractivity contribution in [1.82, 2.24) is 10.2 Å². The highest BCUT2D eigenvalue weighted by molar-refractivity contribution is 9.10. The third-order valence-electron chi connectivity index (χ3n) is 2.44. The molecule has 0 amide bonds. The first-order valence-corrected chi connectivity index (χ1v) is 6.75. The lowest BCUT2D eigenvalue weighted by molar-refractivity contribution is 0.903. The van der Waals surface area contributed by atoms with Crippen molar-refractivity contribution in [2.75, 3.05) is 11.9 Å². The Bertz CT molecular complexity index is 546. The van der Waals surface area contributed by atoms with E-state index in [1.54, 1.807) is 6.07 Å². The number of rotatable bonds is 3. The van der Waals surface area contributed by atoms with Crippen molar-refractivity contribution >= 4 is 44.8 Å². The fourth-order valence-corrected chi connectivity index (χ4v) is 2.20. The second kappa shape index (κ2) is 5.87. The molecule has 3 nitrogen and oxygen atoms in total. The molecule has 0 fully saturated rings. The van der Waals surface area contributed by atoms with E-state index in [1.165, 1.54) is 5.56 Å². The molecule has 0 atom stereocenters. The molecule has 0 aliphatic heterocycles. The summed E-state index contributed by atoms with van der Waals surface area (Å²) in [4.78, 5) is 1.98. The maximum absolute atomic E-state index is 6.00. The van der Waals surface area contributed by atoms with Gasteiger partial charge in [0.25, 0.3) is 0 Å². The Morgan fingerprint density at radius 3 is 2.50 bits per heavy atom. The number of aromatic nitrogens is 2. The van der Waals surface area contributed by atoms with E-state index in [2.05, 4.69) is 26.1 Å². The van der Waals surface area contributed by atoms with Gasteiger partial charge in [0, 0.05) is 24.1 Å². The highest BCUT2D eigenvalue weighted by atomic mass is 79.9. The van der Waals surface area contributed by atoms with Gasteiger partial charge in [-0.15, -0.1) is 10.2 Å². The second-order valence-corrected chi connectivity index (χ2v) is 5.49. The molecule has 2 aromatic rings. The van der Waals surface area contributed by atoms with Crippen molar-refractivity contribution in [3.8, 4) is 0 Å². The van der Waals surface area contributed by atoms with Gasteiger partial charge in [-0.25, -0.2) is 0 Å². The molecule has 0 saturated carbocycles. The highest BCUT2D eigenvalue weighted by Gasteiger charge is 2.09. The van der Waals surface area contributed by atoms with Crippen LogP contribution in [0.5, 0.6) is 0 Å². The Hall–Kier alpha value is -0.840. The Morgan fingerprint density at radius 2 is 1.83 bits per heavy atom. The van der Waals surface area contributed by atoms with Crippen LogP contribution in [0.2, 0.25) is 10.3 Å². The van der Waals surface area contributed by atoms with Gasteiger partial charge in [-0.05, 0) is 17.7 Å². The van der Waals surface area contributed by atoms with Crippen LogP contribution in [0, 0.1) is 0 Å². The molecular weight excluding hydrogens is 337 g/mol. The smallest absolute Gasteiger partial charge is 0.175 e. The maximum atomic E-state index is 6.00. The first-order chi connectivity index (χ1) is 8.56. The third-order valence-corrected chi connectivity index (χ3v) is 3.43. The monoisotopic (exact) mass is 345 g/mol. The molecule has 2 rings (SSSR count). The Balaban J connectivity index is 2.18. The average molecular weight is 347 g/mol. The van der Waals surface area contributed by atoms with Crippen LogP contribution in [-0.4, -0.2) is 17.2 Å². The fraction of sp³-hybridized carbons (Fsp3) is 0.167. The van der Waals surface area contributed by atoms with E-state index in [9.17, 15) is 0 Å². The summed E-state index contributed by atoms with van der Waals surface area (Å²) >= 11 is 15.2. The summed E-state index contributed by atoms with van der Waals surface area (Å²) in [6.45, 7) is 0.717. The molecule has 1 heterocycles. The highest BCUT2D eigenvalue weighted by Crippen LogP contribution is 2.25. The van der Waals surface area contributed by atoms with E-state index in [-0.39, 0.29) is 0 Å². The van der Waals surface area contributed by atoms with Crippen molar-refractivity contribution in [1.29, 1.82) is 0 Å². The largest absolute Gasteiger partial charge is 0.368 e. The van der Waals surface area contributed by atoms with Crippen LogP contribution in [0.4, 0.5) is 5.69 Å². The van der Waals surface area contributed by atoms with Gasteiger partial charge in [0.15, 0.2) is 10.3 Å². The Labute approximate surface area is 124 Å². The summed E-state index contributed by atoms with van der Waals surface area (Å²) in [6.07, 6.45) is 0. The van der Waals surface area contributed by atoms with Crippen molar-refractivity contribution in [3.05, 3.63) is 50.7 Å². The van der Waals surface area contributed by atoms with Crippen LogP contribution in [0.25, 0.3) is 0 Å². The van der Waals surface area contributed by atoms with Crippen LogP contribution in [0.15, 0.2) is 34.8 Å². The Kier molecular flexibility index (Phi) is 4.43. The number of hydrogen-bond acceptors (Lipinski definition) is 3. The predicted octanol–water partition coefficient (Wildman–Crippen LogP) is 4.18. The summed E-state index contributed by atoms with van der Waals surface area (Å²) < 4.78 is 1.06. The number of anilines is 1. The summed E-state index contributed by atoms with van der Waals surface area (Å²) in [5.74, 6) is 0. The SMILES string of the molecule is CN(Cc1ccc(Br)cc1)c1cc(Cl)nnc1Cl. The van der Waals surface area contributed by atoms with Crippen LogP contribution in [0.3, 0.4) is 0 Å². The summed E-state index contributed by atoms with van der Waals surface area (Å²) in [5.41, 5.74) is 1.93. The maximum Gasteiger partial charge on any atom is 0.175 e. The summed E-state index contributed by atoms with van der Waals surface area (Å²) in [7, 11) is 1.93. The van der Waals surface area contributed by atoms with Gasteiger partial charge < -0.3 is 4.90 Å². The quantitative estimate of drug-likeness (QED) is 0.834. The second-order valence-electron chi connectivity index (χ2n) is 3.83. The minimum absolute atomic E-state index is 0.331.